The number of hydrogen-bond donors (Lipinski definition) is 2. The zero-order valence-electron chi connectivity index (χ0n) is 12.2. The second-order valence-electron chi connectivity index (χ2n) is 5.64. The van der Waals surface area contributed by atoms with Crippen molar-refractivity contribution >= 4 is 41.8 Å². The fourth-order valence-electron chi connectivity index (χ4n) is 3.05. The minimum Gasteiger partial charge on any atom is -0.294 e. The monoisotopic (exact) mass is 333 g/mol. The summed E-state index contributed by atoms with van der Waals surface area (Å²) in [7, 11) is 0. The zero-order chi connectivity index (χ0) is 15.6. The molecule has 2 amide bonds. The van der Waals surface area contributed by atoms with Crippen molar-refractivity contribution in [2.75, 3.05) is 11.5 Å². The molecule has 3 rings (SSSR count). The van der Waals surface area contributed by atoms with Crippen molar-refractivity contribution in [1.82, 2.24) is 5.32 Å². The van der Waals surface area contributed by atoms with Crippen molar-refractivity contribution in [3.8, 4) is 0 Å². The van der Waals surface area contributed by atoms with E-state index in [9.17, 15) is 9.59 Å². The predicted octanol–water partition coefficient (Wildman–Crippen LogP) is 2.93. The highest BCUT2D eigenvalue weighted by molar-refractivity contribution is 8.01. The second kappa shape index (κ2) is 6.50. The Bertz CT molecular complexity index is 614. The maximum Gasteiger partial charge on any atom is 0.247 e. The predicted molar refractivity (Wildman–Crippen MR) is 94.0 cm³/mol. The van der Waals surface area contributed by atoms with Crippen LogP contribution in [0.1, 0.15) is 24.8 Å². The van der Waals surface area contributed by atoms with E-state index in [1.165, 1.54) is 0 Å². The van der Waals surface area contributed by atoms with E-state index in [4.69, 9.17) is 0 Å². The number of thioether (sulfide) groups is 1. The molecule has 1 aliphatic carbocycles. The van der Waals surface area contributed by atoms with Gasteiger partial charge in [-0.15, -0.1) is 11.8 Å². The summed E-state index contributed by atoms with van der Waals surface area (Å²) in [4.78, 5) is 24.4. The Labute approximate surface area is 140 Å². The average molecular weight is 333 g/mol. The molecule has 5 heteroatoms. The highest BCUT2D eigenvalue weighted by atomic mass is 32.2. The average Bonchev–Trinajstić information content (AvgIpc) is 2.67. The summed E-state index contributed by atoms with van der Waals surface area (Å²) in [6.07, 6.45) is 5.24. The third-order valence-corrected chi connectivity index (χ3v) is 6.04. The molecule has 2 aliphatic rings. The van der Waals surface area contributed by atoms with Crippen LogP contribution in [0.2, 0.25) is 0 Å². The molecule has 0 saturated carbocycles. The Kier molecular flexibility index (Phi) is 4.64. The first-order chi connectivity index (χ1) is 10.7. The van der Waals surface area contributed by atoms with E-state index in [0.29, 0.717) is 0 Å². The van der Waals surface area contributed by atoms with Gasteiger partial charge in [0.25, 0.3) is 0 Å². The molecule has 1 heterocycles. The summed E-state index contributed by atoms with van der Waals surface area (Å²) in [6.45, 7) is 0. The number of nitrogens with one attached hydrogen (secondary N) is 1. The van der Waals surface area contributed by atoms with Gasteiger partial charge in [-0.2, -0.15) is 12.6 Å². The van der Waals surface area contributed by atoms with Crippen molar-refractivity contribution in [3.63, 3.8) is 0 Å². The Morgan fingerprint density at radius 1 is 1.14 bits per heavy atom. The van der Waals surface area contributed by atoms with E-state index in [2.05, 4.69) is 17.9 Å². The Balaban J connectivity index is 1.75. The molecule has 0 spiro atoms. The molecule has 22 heavy (non-hydrogen) atoms. The first kappa shape index (κ1) is 15.7. The zero-order valence-corrected chi connectivity index (χ0v) is 14.0. The van der Waals surface area contributed by atoms with Gasteiger partial charge in [0.2, 0.25) is 11.8 Å². The lowest BCUT2D eigenvalue weighted by molar-refractivity contribution is -0.125. The lowest BCUT2D eigenvalue weighted by atomic mass is 9.72. The second-order valence-corrected chi connectivity index (χ2v) is 7.46. The van der Waals surface area contributed by atoms with Crippen molar-refractivity contribution < 1.29 is 9.59 Å². The van der Waals surface area contributed by atoms with Gasteiger partial charge >= 0.3 is 0 Å². The Morgan fingerprint density at radius 2 is 1.91 bits per heavy atom. The van der Waals surface area contributed by atoms with E-state index >= 15 is 0 Å². The maximum absolute atomic E-state index is 12.3. The smallest absolute Gasteiger partial charge is 0.247 e. The van der Waals surface area contributed by atoms with Gasteiger partial charge in [-0.3, -0.25) is 14.9 Å². The lowest BCUT2D eigenvalue weighted by Gasteiger charge is -2.38. The molecule has 0 radical (unpaired) electrons. The summed E-state index contributed by atoms with van der Waals surface area (Å²) in [6, 6.07) is 9.84. The highest BCUT2D eigenvalue weighted by Gasteiger charge is 2.61. The molecule has 0 aromatic heterocycles. The Hall–Kier alpha value is -1.20. The van der Waals surface area contributed by atoms with E-state index in [1.807, 2.05) is 36.4 Å². The number of amides is 2. The molecule has 116 valence electrons. The van der Waals surface area contributed by atoms with Gasteiger partial charge in [0, 0.05) is 0 Å². The summed E-state index contributed by atoms with van der Waals surface area (Å²) in [5, 5.41) is 2.51. The standard InChI is InChI=1S/C17H19NO2S2/c19-15-14-13(12-7-3-1-4-8-12)11-17(14,16(20)18-15)22-10-6-2-5-9-21/h1,3-4,7-8,11,14,21H,2,5-6,9-10H2,(H,18,19,20)/t14-,17+/m1/s1. The minimum atomic E-state index is -0.677. The van der Waals surface area contributed by atoms with Gasteiger partial charge in [0.15, 0.2) is 0 Å². The maximum atomic E-state index is 12.3. The van der Waals surface area contributed by atoms with E-state index in [-0.39, 0.29) is 17.7 Å². The van der Waals surface area contributed by atoms with E-state index < -0.39 is 4.75 Å². The summed E-state index contributed by atoms with van der Waals surface area (Å²) in [5.74, 6) is 1.15. The molecule has 3 nitrogen and oxygen atoms in total. The SMILES string of the molecule is O=C1NC(=O)[C@]2(SCCCCCS)C=C(c3ccccc3)[C@H]12. The third-order valence-electron chi connectivity index (χ3n) is 4.21. The summed E-state index contributed by atoms with van der Waals surface area (Å²) in [5.41, 5.74) is 2.01. The van der Waals surface area contributed by atoms with Gasteiger partial charge in [-0.1, -0.05) is 42.8 Å². The number of rotatable bonds is 7. The van der Waals surface area contributed by atoms with Crippen molar-refractivity contribution in [1.29, 1.82) is 0 Å². The van der Waals surface area contributed by atoms with Crippen molar-refractivity contribution in [2.24, 2.45) is 5.92 Å². The van der Waals surface area contributed by atoms with Gasteiger partial charge in [0.1, 0.15) is 4.75 Å². The largest absolute Gasteiger partial charge is 0.294 e. The number of fused-ring (bicyclic) bond motifs is 1. The van der Waals surface area contributed by atoms with Crippen LogP contribution in [0.25, 0.3) is 5.57 Å². The molecule has 1 aliphatic heterocycles. The van der Waals surface area contributed by atoms with Crippen molar-refractivity contribution in [3.05, 3.63) is 42.0 Å². The number of carbonyl (C=O) groups is 2. The van der Waals surface area contributed by atoms with Crippen LogP contribution in [0.4, 0.5) is 0 Å². The fourth-order valence-corrected chi connectivity index (χ4v) is 4.75. The molecular formula is C17H19NO2S2. The number of benzene rings is 1. The highest BCUT2D eigenvalue weighted by Crippen LogP contribution is 2.54. The normalized spacial score (nSPS) is 26.2. The number of hydrogen-bond acceptors (Lipinski definition) is 4. The van der Waals surface area contributed by atoms with Crippen LogP contribution in [0.15, 0.2) is 36.4 Å². The number of carbonyl (C=O) groups excluding carboxylic acids is 2. The fraction of sp³-hybridized carbons (Fsp3) is 0.412. The number of imide groups is 1. The molecule has 1 aromatic carbocycles. The van der Waals surface area contributed by atoms with E-state index in [0.717, 1.165) is 41.9 Å². The Morgan fingerprint density at radius 3 is 2.64 bits per heavy atom. The molecule has 0 unspecified atom stereocenters. The van der Waals surface area contributed by atoms with Crippen LogP contribution in [0.5, 0.6) is 0 Å². The molecule has 1 saturated heterocycles. The first-order valence-corrected chi connectivity index (χ1v) is 9.19. The van der Waals surface area contributed by atoms with Gasteiger partial charge in [-0.25, -0.2) is 0 Å². The third kappa shape index (κ3) is 2.61. The quantitative estimate of drug-likeness (QED) is 0.458. The van der Waals surface area contributed by atoms with Gasteiger partial charge < -0.3 is 0 Å². The van der Waals surface area contributed by atoms with Gasteiger partial charge in [0.05, 0.1) is 5.92 Å². The molecule has 1 fully saturated rings. The van der Waals surface area contributed by atoms with Crippen LogP contribution < -0.4 is 5.32 Å². The van der Waals surface area contributed by atoms with Crippen LogP contribution in [0.3, 0.4) is 0 Å². The summed E-state index contributed by atoms with van der Waals surface area (Å²) >= 11 is 5.81. The molecule has 1 aromatic rings. The first-order valence-electron chi connectivity index (χ1n) is 7.57. The van der Waals surface area contributed by atoms with Crippen molar-refractivity contribution in [2.45, 2.75) is 24.0 Å². The van der Waals surface area contributed by atoms with Crippen LogP contribution in [-0.4, -0.2) is 28.1 Å². The van der Waals surface area contributed by atoms with Crippen LogP contribution >= 0.6 is 24.4 Å². The minimum absolute atomic E-state index is 0.152. The lowest BCUT2D eigenvalue weighted by Crippen LogP contribution is -2.45. The topological polar surface area (TPSA) is 46.2 Å². The van der Waals surface area contributed by atoms with Crippen LogP contribution in [0, 0.1) is 5.92 Å². The molecular weight excluding hydrogens is 314 g/mol. The summed E-state index contributed by atoms with van der Waals surface area (Å²) < 4.78 is -0.677. The molecule has 0 bridgehead atoms. The number of thiol groups is 1. The van der Waals surface area contributed by atoms with Crippen LogP contribution in [-0.2, 0) is 9.59 Å². The molecule has 2 atom stereocenters. The van der Waals surface area contributed by atoms with E-state index in [1.54, 1.807) is 11.8 Å². The van der Waals surface area contributed by atoms with Gasteiger partial charge in [-0.05, 0) is 35.5 Å². The number of unbranched alkanes of at least 4 members (excludes halogenated alkanes) is 2. The molecule has 1 N–H and O–H groups in total.